The fourth-order valence-electron chi connectivity index (χ4n) is 2.47. The molecule has 0 unspecified atom stereocenters. The van der Waals surface area contributed by atoms with Crippen molar-refractivity contribution in [3.63, 3.8) is 0 Å². The standard InChI is InChI=1S/C19H19FN4/c1-13-4-5-15(11-17(13)20)12-24(3)18-10-14(2)22-19(23-18)16-6-8-21-9-7-16/h4-11H,12H2,1-3H3. The first kappa shape index (κ1) is 16.1. The maximum absolute atomic E-state index is 13.7. The first-order chi connectivity index (χ1) is 11.5. The lowest BCUT2D eigenvalue weighted by Crippen LogP contribution is -2.18. The fourth-order valence-corrected chi connectivity index (χ4v) is 2.47. The van der Waals surface area contributed by atoms with Gasteiger partial charge < -0.3 is 4.90 Å². The van der Waals surface area contributed by atoms with Crippen molar-refractivity contribution in [3.05, 3.63) is 71.4 Å². The molecule has 24 heavy (non-hydrogen) atoms. The molecule has 122 valence electrons. The summed E-state index contributed by atoms with van der Waals surface area (Å²) >= 11 is 0. The van der Waals surface area contributed by atoms with Crippen LogP contribution in [0.15, 0.2) is 48.8 Å². The summed E-state index contributed by atoms with van der Waals surface area (Å²) in [6.45, 7) is 4.27. The molecule has 0 N–H and O–H groups in total. The van der Waals surface area contributed by atoms with Crippen molar-refractivity contribution < 1.29 is 4.39 Å². The number of anilines is 1. The van der Waals surface area contributed by atoms with E-state index in [1.54, 1.807) is 31.5 Å². The SMILES string of the molecule is Cc1cc(N(C)Cc2ccc(C)c(F)c2)nc(-c2ccncc2)n1. The molecule has 0 bridgehead atoms. The van der Waals surface area contributed by atoms with Crippen molar-refractivity contribution in [1.82, 2.24) is 15.0 Å². The van der Waals surface area contributed by atoms with Crippen LogP contribution in [0.2, 0.25) is 0 Å². The summed E-state index contributed by atoms with van der Waals surface area (Å²) in [7, 11) is 1.94. The van der Waals surface area contributed by atoms with E-state index in [9.17, 15) is 4.39 Å². The maximum Gasteiger partial charge on any atom is 0.161 e. The van der Waals surface area contributed by atoms with Gasteiger partial charge in [-0.25, -0.2) is 14.4 Å². The summed E-state index contributed by atoms with van der Waals surface area (Å²) in [4.78, 5) is 15.1. The Balaban J connectivity index is 1.88. The first-order valence-corrected chi connectivity index (χ1v) is 7.75. The molecule has 0 aliphatic heterocycles. The minimum absolute atomic E-state index is 0.183. The monoisotopic (exact) mass is 322 g/mol. The minimum Gasteiger partial charge on any atom is -0.355 e. The van der Waals surface area contributed by atoms with Crippen molar-refractivity contribution in [2.24, 2.45) is 0 Å². The van der Waals surface area contributed by atoms with Crippen molar-refractivity contribution in [2.45, 2.75) is 20.4 Å². The molecule has 0 aliphatic carbocycles. The Labute approximate surface area is 141 Å². The summed E-state index contributed by atoms with van der Waals surface area (Å²) in [5, 5.41) is 0. The van der Waals surface area contributed by atoms with Crippen LogP contribution in [0.3, 0.4) is 0 Å². The van der Waals surface area contributed by atoms with E-state index in [0.29, 0.717) is 17.9 Å². The number of aromatic nitrogens is 3. The van der Waals surface area contributed by atoms with Gasteiger partial charge in [-0.2, -0.15) is 0 Å². The van der Waals surface area contributed by atoms with Gasteiger partial charge in [0.1, 0.15) is 11.6 Å². The van der Waals surface area contributed by atoms with E-state index in [-0.39, 0.29) is 5.82 Å². The molecule has 3 aromatic rings. The van der Waals surface area contributed by atoms with Gasteiger partial charge in [-0.15, -0.1) is 0 Å². The minimum atomic E-state index is -0.183. The molecular formula is C19H19FN4. The number of nitrogens with zero attached hydrogens (tertiary/aromatic N) is 4. The van der Waals surface area contributed by atoms with Crippen molar-refractivity contribution in [2.75, 3.05) is 11.9 Å². The van der Waals surface area contributed by atoms with Crippen LogP contribution < -0.4 is 4.90 Å². The summed E-state index contributed by atoms with van der Waals surface area (Å²) < 4.78 is 13.7. The van der Waals surface area contributed by atoms with Gasteiger partial charge in [0.05, 0.1) is 0 Å². The number of halogens is 1. The van der Waals surface area contributed by atoms with Crippen LogP contribution >= 0.6 is 0 Å². The zero-order valence-electron chi connectivity index (χ0n) is 14.0. The summed E-state index contributed by atoms with van der Waals surface area (Å²) in [5.41, 5.74) is 3.36. The van der Waals surface area contributed by atoms with E-state index >= 15 is 0 Å². The Kier molecular flexibility index (Phi) is 4.51. The molecule has 0 atom stereocenters. The smallest absolute Gasteiger partial charge is 0.161 e. The molecule has 0 amide bonds. The van der Waals surface area contributed by atoms with E-state index in [0.717, 1.165) is 22.6 Å². The molecule has 0 spiro atoms. The van der Waals surface area contributed by atoms with Crippen LogP contribution in [0.25, 0.3) is 11.4 Å². The molecule has 0 saturated heterocycles. The van der Waals surface area contributed by atoms with Gasteiger partial charge in [0, 0.05) is 43.3 Å². The highest BCUT2D eigenvalue weighted by molar-refractivity contribution is 5.57. The topological polar surface area (TPSA) is 41.9 Å². The highest BCUT2D eigenvalue weighted by Crippen LogP contribution is 2.20. The lowest BCUT2D eigenvalue weighted by atomic mass is 10.1. The quantitative estimate of drug-likeness (QED) is 0.730. The molecule has 2 aromatic heterocycles. The number of benzene rings is 1. The average molecular weight is 322 g/mol. The van der Waals surface area contributed by atoms with Crippen molar-refractivity contribution >= 4 is 5.82 Å². The van der Waals surface area contributed by atoms with Crippen LogP contribution in [-0.4, -0.2) is 22.0 Å². The van der Waals surface area contributed by atoms with E-state index in [4.69, 9.17) is 0 Å². The van der Waals surface area contributed by atoms with Gasteiger partial charge in [0.15, 0.2) is 5.82 Å². The molecule has 4 nitrogen and oxygen atoms in total. The van der Waals surface area contributed by atoms with Crippen LogP contribution in [-0.2, 0) is 6.54 Å². The summed E-state index contributed by atoms with van der Waals surface area (Å²) in [6.07, 6.45) is 3.44. The van der Waals surface area contributed by atoms with E-state index in [1.165, 1.54) is 0 Å². The van der Waals surface area contributed by atoms with Crippen LogP contribution in [0, 0.1) is 19.7 Å². The van der Waals surface area contributed by atoms with Gasteiger partial charge in [-0.3, -0.25) is 4.98 Å². The molecule has 2 heterocycles. The lowest BCUT2D eigenvalue weighted by Gasteiger charge is -2.19. The maximum atomic E-state index is 13.7. The molecule has 0 fully saturated rings. The van der Waals surface area contributed by atoms with Crippen LogP contribution in [0.4, 0.5) is 10.2 Å². The van der Waals surface area contributed by atoms with Crippen LogP contribution in [0.1, 0.15) is 16.8 Å². The fraction of sp³-hybridized carbons (Fsp3) is 0.211. The van der Waals surface area contributed by atoms with E-state index in [2.05, 4.69) is 15.0 Å². The third-order valence-electron chi connectivity index (χ3n) is 3.83. The second-order valence-corrected chi connectivity index (χ2v) is 5.87. The third kappa shape index (κ3) is 3.56. The Morgan fingerprint density at radius 1 is 1.00 bits per heavy atom. The highest BCUT2D eigenvalue weighted by Gasteiger charge is 2.10. The predicted molar refractivity (Wildman–Crippen MR) is 93.2 cm³/mol. The predicted octanol–water partition coefficient (Wildman–Crippen LogP) is 3.93. The normalized spacial score (nSPS) is 10.7. The highest BCUT2D eigenvalue weighted by atomic mass is 19.1. The van der Waals surface area contributed by atoms with Gasteiger partial charge in [0.25, 0.3) is 0 Å². The molecular weight excluding hydrogens is 303 g/mol. The van der Waals surface area contributed by atoms with Gasteiger partial charge in [0.2, 0.25) is 0 Å². The number of hydrogen-bond donors (Lipinski definition) is 0. The summed E-state index contributed by atoms with van der Waals surface area (Å²) in [6, 6.07) is 11.0. The molecule has 3 rings (SSSR count). The third-order valence-corrected chi connectivity index (χ3v) is 3.83. The largest absolute Gasteiger partial charge is 0.355 e. The molecule has 0 radical (unpaired) electrons. The lowest BCUT2D eigenvalue weighted by molar-refractivity contribution is 0.615. The second-order valence-electron chi connectivity index (χ2n) is 5.87. The number of hydrogen-bond acceptors (Lipinski definition) is 4. The zero-order chi connectivity index (χ0) is 17.1. The number of aryl methyl sites for hydroxylation is 2. The first-order valence-electron chi connectivity index (χ1n) is 7.75. The Morgan fingerprint density at radius 2 is 1.75 bits per heavy atom. The van der Waals surface area contributed by atoms with E-state index < -0.39 is 0 Å². The van der Waals surface area contributed by atoms with Crippen molar-refractivity contribution in [3.8, 4) is 11.4 Å². The van der Waals surface area contributed by atoms with Crippen molar-refractivity contribution in [1.29, 1.82) is 0 Å². The Morgan fingerprint density at radius 3 is 2.46 bits per heavy atom. The van der Waals surface area contributed by atoms with Gasteiger partial charge >= 0.3 is 0 Å². The average Bonchev–Trinajstić information content (AvgIpc) is 2.58. The Hall–Kier alpha value is -2.82. The zero-order valence-corrected chi connectivity index (χ0v) is 14.0. The second kappa shape index (κ2) is 6.74. The van der Waals surface area contributed by atoms with Gasteiger partial charge in [-0.05, 0) is 43.2 Å². The molecule has 5 heteroatoms. The molecule has 0 saturated carbocycles. The number of rotatable bonds is 4. The molecule has 1 aromatic carbocycles. The Bertz CT molecular complexity index is 849. The summed E-state index contributed by atoms with van der Waals surface area (Å²) in [5.74, 6) is 1.28. The van der Waals surface area contributed by atoms with E-state index in [1.807, 2.05) is 43.1 Å². The number of pyridine rings is 1. The molecule has 0 aliphatic rings. The van der Waals surface area contributed by atoms with Gasteiger partial charge in [-0.1, -0.05) is 12.1 Å². The van der Waals surface area contributed by atoms with Crippen LogP contribution in [0.5, 0.6) is 0 Å².